The second-order valence-electron chi connectivity index (χ2n) is 4.91. The maximum absolute atomic E-state index is 5.88. The number of hydrogen-bond donors (Lipinski definition) is 1. The Bertz CT molecular complexity index is 526. The molecule has 0 saturated heterocycles. The largest absolute Gasteiger partial charge is 0.491 e. The van der Waals surface area contributed by atoms with Crippen molar-refractivity contribution in [1.29, 1.82) is 0 Å². The third-order valence-electron chi connectivity index (χ3n) is 2.86. The summed E-state index contributed by atoms with van der Waals surface area (Å²) in [5, 5.41) is 7.58. The van der Waals surface area contributed by atoms with Crippen LogP contribution in [0.15, 0.2) is 41.1 Å². The van der Waals surface area contributed by atoms with Crippen LogP contribution in [0.3, 0.4) is 0 Å². The van der Waals surface area contributed by atoms with Gasteiger partial charge in [0, 0.05) is 35.0 Å². The van der Waals surface area contributed by atoms with E-state index in [1.54, 1.807) is 6.20 Å². The van der Waals surface area contributed by atoms with Gasteiger partial charge in [0.25, 0.3) is 0 Å². The lowest BCUT2D eigenvalue weighted by Gasteiger charge is -2.14. The Labute approximate surface area is 128 Å². The van der Waals surface area contributed by atoms with Crippen LogP contribution in [0.4, 0.5) is 0 Å². The summed E-state index contributed by atoms with van der Waals surface area (Å²) < 4.78 is 8.81. The Kier molecular flexibility index (Phi) is 5.61. The molecule has 0 unspecified atom stereocenters. The van der Waals surface area contributed by atoms with Crippen LogP contribution in [0.1, 0.15) is 19.4 Å². The fourth-order valence-corrected chi connectivity index (χ4v) is 2.23. The van der Waals surface area contributed by atoms with E-state index in [1.807, 2.05) is 29.1 Å². The highest BCUT2D eigenvalue weighted by molar-refractivity contribution is 9.10. The van der Waals surface area contributed by atoms with Gasteiger partial charge in [-0.1, -0.05) is 29.8 Å². The summed E-state index contributed by atoms with van der Waals surface area (Å²) in [6, 6.07) is 8.47. The van der Waals surface area contributed by atoms with E-state index in [-0.39, 0.29) is 0 Å². The van der Waals surface area contributed by atoms with E-state index < -0.39 is 0 Å². The number of nitrogens with one attached hydrogen (secondary N) is 1. The van der Waals surface area contributed by atoms with Crippen LogP contribution in [0.25, 0.3) is 0 Å². The SMILES string of the molecule is CC(C)NCc1cc(Br)ccc1OCCn1cccn1. The van der Waals surface area contributed by atoms with Crippen LogP contribution in [-0.2, 0) is 13.1 Å². The van der Waals surface area contributed by atoms with Crippen molar-refractivity contribution in [2.75, 3.05) is 6.61 Å². The number of ether oxygens (including phenoxy) is 1. The molecule has 20 heavy (non-hydrogen) atoms. The zero-order valence-corrected chi connectivity index (χ0v) is 13.4. The average molecular weight is 338 g/mol. The first-order valence-corrected chi connectivity index (χ1v) is 7.56. The van der Waals surface area contributed by atoms with Gasteiger partial charge in [-0.15, -0.1) is 0 Å². The molecule has 1 N–H and O–H groups in total. The third-order valence-corrected chi connectivity index (χ3v) is 3.35. The fourth-order valence-electron chi connectivity index (χ4n) is 1.82. The number of aromatic nitrogens is 2. The van der Waals surface area contributed by atoms with Gasteiger partial charge in [-0.05, 0) is 24.3 Å². The molecule has 1 heterocycles. The second-order valence-corrected chi connectivity index (χ2v) is 5.82. The Morgan fingerprint density at radius 1 is 1.40 bits per heavy atom. The van der Waals surface area contributed by atoms with Gasteiger partial charge in [0.2, 0.25) is 0 Å². The lowest BCUT2D eigenvalue weighted by molar-refractivity contribution is 0.287. The fraction of sp³-hybridized carbons (Fsp3) is 0.400. The average Bonchev–Trinajstić information content (AvgIpc) is 2.91. The van der Waals surface area contributed by atoms with Crippen molar-refractivity contribution in [1.82, 2.24) is 15.1 Å². The molecule has 0 amide bonds. The van der Waals surface area contributed by atoms with Gasteiger partial charge in [0.15, 0.2) is 0 Å². The van der Waals surface area contributed by atoms with E-state index in [1.165, 1.54) is 0 Å². The predicted molar refractivity (Wildman–Crippen MR) is 83.8 cm³/mol. The normalized spacial score (nSPS) is 11.0. The second kappa shape index (κ2) is 7.45. The number of hydrogen-bond acceptors (Lipinski definition) is 3. The molecule has 0 saturated carbocycles. The van der Waals surface area contributed by atoms with Crippen LogP contribution in [-0.4, -0.2) is 22.4 Å². The van der Waals surface area contributed by atoms with Crippen molar-refractivity contribution in [3.05, 3.63) is 46.7 Å². The molecule has 5 heteroatoms. The first kappa shape index (κ1) is 15.1. The molecule has 4 nitrogen and oxygen atoms in total. The van der Waals surface area contributed by atoms with Gasteiger partial charge in [0.05, 0.1) is 6.54 Å². The van der Waals surface area contributed by atoms with Crippen LogP contribution in [0.2, 0.25) is 0 Å². The summed E-state index contributed by atoms with van der Waals surface area (Å²) in [7, 11) is 0. The van der Waals surface area contributed by atoms with Crippen molar-refractivity contribution in [3.8, 4) is 5.75 Å². The zero-order valence-electron chi connectivity index (χ0n) is 11.8. The molecule has 0 spiro atoms. The van der Waals surface area contributed by atoms with E-state index in [9.17, 15) is 0 Å². The molecule has 0 radical (unpaired) electrons. The summed E-state index contributed by atoms with van der Waals surface area (Å²) in [6.45, 7) is 6.43. The van der Waals surface area contributed by atoms with E-state index in [2.05, 4.69) is 46.3 Å². The van der Waals surface area contributed by atoms with Gasteiger partial charge in [-0.2, -0.15) is 5.10 Å². The number of benzene rings is 1. The van der Waals surface area contributed by atoms with Crippen molar-refractivity contribution < 1.29 is 4.74 Å². The molecule has 0 bridgehead atoms. The van der Waals surface area contributed by atoms with Crippen LogP contribution in [0, 0.1) is 0 Å². The zero-order chi connectivity index (χ0) is 14.4. The van der Waals surface area contributed by atoms with E-state index in [4.69, 9.17) is 4.74 Å². The highest BCUT2D eigenvalue weighted by atomic mass is 79.9. The maximum atomic E-state index is 5.88. The molecule has 1 aromatic carbocycles. The van der Waals surface area contributed by atoms with Crippen molar-refractivity contribution in [2.24, 2.45) is 0 Å². The molecule has 0 atom stereocenters. The summed E-state index contributed by atoms with van der Waals surface area (Å²) >= 11 is 3.51. The van der Waals surface area contributed by atoms with Crippen molar-refractivity contribution in [3.63, 3.8) is 0 Å². The lowest BCUT2D eigenvalue weighted by Crippen LogP contribution is -2.22. The molecule has 0 aliphatic rings. The van der Waals surface area contributed by atoms with Gasteiger partial charge in [-0.3, -0.25) is 4.68 Å². The molecule has 0 aliphatic heterocycles. The van der Waals surface area contributed by atoms with Gasteiger partial charge < -0.3 is 10.1 Å². The van der Waals surface area contributed by atoms with Crippen LogP contribution < -0.4 is 10.1 Å². The van der Waals surface area contributed by atoms with Crippen LogP contribution >= 0.6 is 15.9 Å². The molecule has 0 aliphatic carbocycles. The molecule has 108 valence electrons. The minimum absolute atomic E-state index is 0.450. The number of nitrogens with zero attached hydrogens (tertiary/aromatic N) is 2. The lowest BCUT2D eigenvalue weighted by atomic mass is 10.2. The summed E-state index contributed by atoms with van der Waals surface area (Å²) in [4.78, 5) is 0. The highest BCUT2D eigenvalue weighted by Gasteiger charge is 2.05. The molecule has 2 aromatic rings. The van der Waals surface area contributed by atoms with Gasteiger partial charge in [-0.25, -0.2) is 0 Å². The highest BCUT2D eigenvalue weighted by Crippen LogP contribution is 2.23. The Hall–Kier alpha value is -1.33. The van der Waals surface area contributed by atoms with Gasteiger partial charge >= 0.3 is 0 Å². The smallest absolute Gasteiger partial charge is 0.123 e. The Morgan fingerprint density at radius 3 is 2.95 bits per heavy atom. The topological polar surface area (TPSA) is 39.1 Å². The van der Waals surface area contributed by atoms with E-state index >= 15 is 0 Å². The first-order chi connectivity index (χ1) is 9.65. The molecule has 1 aromatic heterocycles. The molecular weight excluding hydrogens is 318 g/mol. The van der Waals surface area contributed by atoms with E-state index in [0.29, 0.717) is 12.6 Å². The Morgan fingerprint density at radius 2 is 2.25 bits per heavy atom. The summed E-state index contributed by atoms with van der Waals surface area (Å²) in [5.74, 6) is 0.925. The number of rotatable bonds is 7. The summed E-state index contributed by atoms with van der Waals surface area (Å²) in [6.07, 6.45) is 3.71. The minimum Gasteiger partial charge on any atom is -0.491 e. The number of halogens is 1. The van der Waals surface area contributed by atoms with Crippen molar-refractivity contribution >= 4 is 15.9 Å². The van der Waals surface area contributed by atoms with Crippen LogP contribution in [0.5, 0.6) is 5.75 Å². The monoisotopic (exact) mass is 337 g/mol. The van der Waals surface area contributed by atoms with Crippen molar-refractivity contribution in [2.45, 2.75) is 33.0 Å². The van der Waals surface area contributed by atoms with E-state index in [0.717, 1.165) is 28.9 Å². The standard InChI is InChI=1S/C15H20BrN3O/c1-12(2)17-11-13-10-14(16)4-5-15(13)20-9-8-19-7-3-6-18-19/h3-7,10,12,17H,8-9,11H2,1-2H3. The first-order valence-electron chi connectivity index (χ1n) is 6.77. The third kappa shape index (κ3) is 4.65. The molecule has 2 rings (SSSR count). The molecule has 0 fully saturated rings. The Balaban J connectivity index is 1.95. The summed E-state index contributed by atoms with van der Waals surface area (Å²) in [5.41, 5.74) is 1.16. The predicted octanol–water partition coefficient (Wildman–Crippen LogP) is 3.22. The van der Waals surface area contributed by atoms with Gasteiger partial charge in [0.1, 0.15) is 12.4 Å². The minimum atomic E-state index is 0.450. The maximum Gasteiger partial charge on any atom is 0.123 e. The quantitative estimate of drug-likeness (QED) is 0.843. The molecular formula is C15H20BrN3O.